The molecule has 1 aromatic rings. The van der Waals surface area contributed by atoms with Gasteiger partial charge < -0.3 is 15.8 Å². The van der Waals surface area contributed by atoms with E-state index in [1.54, 1.807) is 12.1 Å². The summed E-state index contributed by atoms with van der Waals surface area (Å²) in [5, 5.41) is 3.59. The summed E-state index contributed by atoms with van der Waals surface area (Å²) < 4.78 is 5.56. The van der Waals surface area contributed by atoms with E-state index in [9.17, 15) is 4.79 Å². The van der Waals surface area contributed by atoms with Gasteiger partial charge in [-0.05, 0) is 49.3 Å². The molecule has 2 aliphatic carbocycles. The highest BCUT2D eigenvalue weighted by Crippen LogP contribution is 2.47. The molecule has 4 atom stereocenters. The number of nitrogens with two attached hydrogens (primary N) is 1. The molecular weight excluding hydrogens is 323 g/mol. The van der Waals surface area contributed by atoms with E-state index in [-0.39, 0.29) is 30.3 Å². The lowest BCUT2D eigenvalue weighted by Crippen LogP contribution is -2.46. The van der Waals surface area contributed by atoms with Crippen LogP contribution >= 0.6 is 24.0 Å². The Bertz CT molecular complexity index is 525. The van der Waals surface area contributed by atoms with Gasteiger partial charge in [0.15, 0.2) is 0 Å². The van der Waals surface area contributed by atoms with Crippen LogP contribution in [0.2, 0.25) is 5.02 Å². The second-order valence-electron chi connectivity index (χ2n) is 6.03. The summed E-state index contributed by atoms with van der Waals surface area (Å²) in [4.78, 5) is 12.2. The van der Waals surface area contributed by atoms with E-state index in [1.165, 1.54) is 6.42 Å². The maximum atomic E-state index is 12.2. The highest BCUT2D eigenvalue weighted by molar-refractivity contribution is 6.30. The van der Waals surface area contributed by atoms with Crippen molar-refractivity contribution < 1.29 is 9.53 Å². The number of nitrogens with one attached hydrogen (secondary N) is 1. The standard InChI is InChI=1S/C16H21ClN2O2.ClH/c17-12-2-1-3-13(9-12)21-7-6-19-16(20)14-10-4-5-11(8-10)15(14)18;/h1-3,9-11,14-15H,4-8,18H2,(H,19,20);1H. The highest BCUT2D eigenvalue weighted by Gasteiger charge is 2.48. The summed E-state index contributed by atoms with van der Waals surface area (Å²) in [6.45, 7) is 0.925. The number of amides is 1. The molecule has 4 unspecified atom stereocenters. The normalized spacial score (nSPS) is 29.0. The van der Waals surface area contributed by atoms with Crippen molar-refractivity contribution in [1.29, 1.82) is 0 Å². The predicted octanol–water partition coefficient (Wildman–Crippen LogP) is 2.63. The molecule has 0 aliphatic heterocycles. The van der Waals surface area contributed by atoms with E-state index < -0.39 is 0 Å². The van der Waals surface area contributed by atoms with Crippen molar-refractivity contribution in [3.05, 3.63) is 29.3 Å². The van der Waals surface area contributed by atoms with E-state index in [4.69, 9.17) is 22.1 Å². The summed E-state index contributed by atoms with van der Waals surface area (Å²) in [5.74, 6) is 1.83. The Kier molecular flexibility index (Phi) is 5.95. The van der Waals surface area contributed by atoms with Crippen LogP contribution < -0.4 is 15.8 Å². The number of carbonyl (C=O) groups is 1. The van der Waals surface area contributed by atoms with Gasteiger partial charge in [-0.1, -0.05) is 17.7 Å². The van der Waals surface area contributed by atoms with Crippen LogP contribution in [0.3, 0.4) is 0 Å². The van der Waals surface area contributed by atoms with Crippen molar-refractivity contribution >= 4 is 29.9 Å². The minimum Gasteiger partial charge on any atom is -0.492 e. The van der Waals surface area contributed by atoms with Crippen LogP contribution in [0.1, 0.15) is 19.3 Å². The Morgan fingerprint density at radius 2 is 2.14 bits per heavy atom. The van der Waals surface area contributed by atoms with Gasteiger partial charge in [0.2, 0.25) is 5.91 Å². The molecular formula is C16H22Cl2N2O2. The topological polar surface area (TPSA) is 64.4 Å². The largest absolute Gasteiger partial charge is 0.492 e. The second kappa shape index (κ2) is 7.53. The molecule has 22 heavy (non-hydrogen) atoms. The number of hydrogen-bond acceptors (Lipinski definition) is 3. The van der Waals surface area contributed by atoms with Crippen molar-refractivity contribution in [1.82, 2.24) is 5.32 Å². The van der Waals surface area contributed by atoms with E-state index >= 15 is 0 Å². The average molecular weight is 345 g/mol. The molecule has 0 radical (unpaired) electrons. The van der Waals surface area contributed by atoms with Crippen molar-refractivity contribution in [2.75, 3.05) is 13.2 Å². The Balaban J connectivity index is 0.00000176. The number of halogens is 2. The number of hydrogen-bond donors (Lipinski definition) is 2. The fourth-order valence-corrected chi connectivity index (χ4v) is 3.92. The molecule has 3 rings (SSSR count). The van der Waals surface area contributed by atoms with Gasteiger partial charge in [-0.2, -0.15) is 0 Å². The molecule has 1 amide bonds. The highest BCUT2D eigenvalue weighted by atomic mass is 35.5. The van der Waals surface area contributed by atoms with E-state index in [2.05, 4.69) is 5.32 Å². The summed E-state index contributed by atoms with van der Waals surface area (Å²) in [5.41, 5.74) is 6.17. The van der Waals surface area contributed by atoms with E-state index in [0.29, 0.717) is 35.8 Å². The molecule has 0 saturated heterocycles. The van der Waals surface area contributed by atoms with Gasteiger partial charge in [0.25, 0.3) is 0 Å². The van der Waals surface area contributed by atoms with Gasteiger partial charge in [0.05, 0.1) is 12.5 Å². The van der Waals surface area contributed by atoms with Crippen molar-refractivity contribution in [2.45, 2.75) is 25.3 Å². The minimum absolute atomic E-state index is 0. The van der Waals surface area contributed by atoms with Crippen molar-refractivity contribution in [2.24, 2.45) is 23.5 Å². The Morgan fingerprint density at radius 3 is 2.82 bits per heavy atom. The van der Waals surface area contributed by atoms with Crippen LogP contribution in [-0.2, 0) is 4.79 Å². The molecule has 0 spiro atoms. The molecule has 0 aromatic heterocycles. The zero-order valence-corrected chi connectivity index (χ0v) is 13.9. The Morgan fingerprint density at radius 1 is 1.36 bits per heavy atom. The lowest BCUT2D eigenvalue weighted by molar-refractivity contribution is -0.127. The van der Waals surface area contributed by atoms with E-state index in [1.807, 2.05) is 12.1 Å². The van der Waals surface area contributed by atoms with Gasteiger partial charge in [0.1, 0.15) is 12.4 Å². The SMILES string of the molecule is Cl.NC1C2CCC(C2)C1C(=O)NCCOc1cccc(Cl)c1. The molecule has 3 N–H and O–H groups in total. The second-order valence-corrected chi connectivity index (χ2v) is 6.47. The zero-order valence-electron chi connectivity index (χ0n) is 12.3. The number of ether oxygens (including phenoxy) is 1. The number of carbonyl (C=O) groups excluding carboxylic acids is 1. The zero-order chi connectivity index (χ0) is 14.8. The molecule has 2 fully saturated rings. The third-order valence-electron chi connectivity index (χ3n) is 4.75. The molecule has 2 bridgehead atoms. The van der Waals surface area contributed by atoms with Gasteiger partial charge in [-0.25, -0.2) is 0 Å². The summed E-state index contributed by atoms with van der Waals surface area (Å²) in [7, 11) is 0. The lowest BCUT2D eigenvalue weighted by atomic mass is 9.84. The molecule has 2 aliphatic rings. The van der Waals surface area contributed by atoms with Crippen LogP contribution in [0.4, 0.5) is 0 Å². The fraction of sp³-hybridized carbons (Fsp3) is 0.562. The van der Waals surface area contributed by atoms with Gasteiger partial charge in [-0.15, -0.1) is 12.4 Å². The van der Waals surface area contributed by atoms with Gasteiger partial charge in [0, 0.05) is 11.1 Å². The monoisotopic (exact) mass is 344 g/mol. The third kappa shape index (κ3) is 3.67. The lowest BCUT2D eigenvalue weighted by Gasteiger charge is -2.27. The van der Waals surface area contributed by atoms with Gasteiger partial charge in [-0.3, -0.25) is 4.79 Å². The fourth-order valence-electron chi connectivity index (χ4n) is 3.74. The maximum absolute atomic E-state index is 12.2. The summed E-state index contributed by atoms with van der Waals surface area (Å²) >= 11 is 5.88. The molecule has 6 heteroatoms. The quantitative estimate of drug-likeness (QED) is 0.807. The first-order valence-corrected chi connectivity index (χ1v) is 7.94. The third-order valence-corrected chi connectivity index (χ3v) is 4.98. The van der Waals surface area contributed by atoms with Crippen LogP contribution in [0.5, 0.6) is 5.75 Å². The number of benzene rings is 1. The number of fused-ring (bicyclic) bond motifs is 2. The van der Waals surface area contributed by atoms with Crippen molar-refractivity contribution in [3.8, 4) is 5.75 Å². The van der Waals surface area contributed by atoms with E-state index in [0.717, 1.165) is 12.8 Å². The predicted molar refractivity (Wildman–Crippen MR) is 89.5 cm³/mol. The Labute approximate surface area is 142 Å². The first-order chi connectivity index (χ1) is 10.1. The molecule has 1 aromatic carbocycles. The van der Waals surface area contributed by atoms with Crippen LogP contribution in [-0.4, -0.2) is 25.1 Å². The van der Waals surface area contributed by atoms with Crippen molar-refractivity contribution in [3.63, 3.8) is 0 Å². The summed E-state index contributed by atoms with van der Waals surface area (Å²) in [6.07, 6.45) is 3.46. The van der Waals surface area contributed by atoms with Gasteiger partial charge >= 0.3 is 0 Å². The first-order valence-electron chi connectivity index (χ1n) is 7.57. The smallest absolute Gasteiger partial charge is 0.225 e. The molecule has 4 nitrogen and oxygen atoms in total. The molecule has 0 heterocycles. The van der Waals surface area contributed by atoms with Crippen LogP contribution in [0.15, 0.2) is 24.3 Å². The molecule has 2 saturated carbocycles. The number of rotatable bonds is 5. The molecule has 122 valence electrons. The van der Waals surface area contributed by atoms with Crippen LogP contribution in [0.25, 0.3) is 0 Å². The first kappa shape index (κ1) is 17.4. The minimum atomic E-state index is -0.00470. The summed E-state index contributed by atoms with van der Waals surface area (Å²) in [6, 6.07) is 7.28. The maximum Gasteiger partial charge on any atom is 0.225 e. The van der Waals surface area contributed by atoms with Crippen LogP contribution in [0, 0.1) is 17.8 Å². The average Bonchev–Trinajstić information content (AvgIpc) is 3.04. The Hall–Kier alpha value is -0.970.